The lowest BCUT2D eigenvalue weighted by Crippen LogP contribution is -2.18. The fourth-order valence-electron chi connectivity index (χ4n) is 2.02. The second-order valence-corrected chi connectivity index (χ2v) is 5.73. The summed E-state index contributed by atoms with van der Waals surface area (Å²) in [5.41, 5.74) is 9.63. The van der Waals surface area contributed by atoms with Gasteiger partial charge in [-0.1, -0.05) is 52.0 Å². The average Bonchev–Trinajstić information content (AvgIpc) is 2.87. The second-order valence-electron chi connectivity index (χ2n) is 5.73. The number of H-pyrrole nitrogens is 1. The van der Waals surface area contributed by atoms with Crippen LogP contribution in [-0.2, 0) is 0 Å². The van der Waals surface area contributed by atoms with Crippen LogP contribution < -0.4 is 5.73 Å². The van der Waals surface area contributed by atoms with Crippen molar-refractivity contribution >= 4 is 0 Å². The van der Waals surface area contributed by atoms with Crippen molar-refractivity contribution in [3.8, 4) is 11.3 Å². The Hall–Kier alpha value is -1.61. The molecule has 0 radical (unpaired) electrons. The van der Waals surface area contributed by atoms with Crippen molar-refractivity contribution in [1.29, 1.82) is 0 Å². The van der Waals surface area contributed by atoms with Crippen molar-refractivity contribution in [2.45, 2.75) is 39.7 Å². The normalized spacial score (nSPS) is 13.2. The van der Waals surface area contributed by atoms with Crippen molar-refractivity contribution in [3.63, 3.8) is 0 Å². The average molecular weight is 257 g/mol. The molecule has 0 fully saturated rings. The highest BCUT2D eigenvalue weighted by atomic mass is 15.0. The topological polar surface area (TPSA) is 54.7 Å². The molecule has 1 aromatic carbocycles. The number of benzene rings is 1. The molecule has 3 N–H and O–H groups in total. The van der Waals surface area contributed by atoms with Gasteiger partial charge in [0.25, 0.3) is 0 Å². The number of nitrogens with zero attached hydrogens (tertiary/aromatic N) is 1. The number of hydrogen-bond donors (Lipinski definition) is 2. The van der Waals surface area contributed by atoms with Gasteiger partial charge >= 0.3 is 0 Å². The van der Waals surface area contributed by atoms with Crippen LogP contribution in [0, 0.1) is 5.92 Å². The molecule has 102 valence electrons. The predicted molar refractivity (Wildman–Crippen MR) is 79.9 cm³/mol. The molecule has 2 aromatic rings. The van der Waals surface area contributed by atoms with Gasteiger partial charge in [0.05, 0.1) is 17.9 Å². The highest BCUT2D eigenvalue weighted by molar-refractivity contribution is 5.59. The van der Waals surface area contributed by atoms with E-state index in [0.29, 0.717) is 11.8 Å². The van der Waals surface area contributed by atoms with Crippen LogP contribution in [0.4, 0.5) is 0 Å². The largest absolute Gasteiger partial charge is 0.341 e. The second kappa shape index (κ2) is 5.57. The molecule has 0 amide bonds. The van der Waals surface area contributed by atoms with Crippen molar-refractivity contribution in [1.82, 2.24) is 9.97 Å². The van der Waals surface area contributed by atoms with E-state index in [0.717, 1.165) is 17.1 Å². The van der Waals surface area contributed by atoms with E-state index >= 15 is 0 Å². The summed E-state index contributed by atoms with van der Waals surface area (Å²) in [6.07, 6.45) is 1.86. The number of imidazole rings is 1. The van der Waals surface area contributed by atoms with E-state index in [4.69, 9.17) is 5.73 Å². The summed E-state index contributed by atoms with van der Waals surface area (Å²) in [5.74, 6) is 1.79. The van der Waals surface area contributed by atoms with E-state index < -0.39 is 0 Å². The minimum absolute atomic E-state index is 0.0383. The van der Waals surface area contributed by atoms with Gasteiger partial charge in [0.2, 0.25) is 0 Å². The van der Waals surface area contributed by atoms with Crippen molar-refractivity contribution < 1.29 is 0 Å². The van der Waals surface area contributed by atoms with Crippen LogP contribution in [0.25, 0.3) is 11.3 Å². The van der Waals surface area contributed by atoms with Crippen LogP contribution in [0.2, 0.25) is 0 Å². The van der Waals surface area contributed by atoms with E-state index in [1.165, 1.54) is 5.56 Å². The minimum atomic E-state index is -0.0383. The highest BCUT2D eigenvalue weighted by Gasteiger charge is 2.14. The Bertz CT molecular complexity index is 523. The lowest BCUT2D eigenvalue weighted by Gasteiger charge is -2.12. The summed E-state index contributed by atoms with van der Waals surface area (Å²) in [6, 6.07) is 8.57. The molecule has 19 heavy (non-hydrogen) atoms. The zero-order chi connectivity index (χ0) is 14.0. The Balaban J connectivity index is 2.23. The standard InChI is InChI=1S/C16H23N3/c1-10(2)12-5-7-13(8-6-12)14-9-18-16(19-14)15(17)11(3)4/h5-11,15H,17H2,1-4H3,(H,18,19). The summed E-state index contributed by atoms with van der Waals surface area (Å²) in [7, 11) is 0. The number of nitrogens with one attached hydrogen (secondary N) is 1. The molecule has 2 rings (SSSR count). The zero-order valence-electron chi connectivity index (χ0n) is 12.1. The molecule has 1 heterocycles. The maximum atomic E-state index is 6.10. The smallest absolute Gasteiger partial charge is 0.123 e. The van der Waals surface area contributed by atoms with Gasteiger partial charge in [-0.2, -0.15) is 0 Å². The predicted octanol–water partition coefficient (Wildman–Crippen LogP) is 3.86. The van der Waals surface area contributed by atoms with Gasteiger partial charge in [0, 0.05) is 0 Å². The first-order chi connectivity index (χ1) is 8.99. The maximum Gasteiger partial charge on any atom is 0.123 e. The van der Waals surface area contributed by atoms with Crippen LogP contribution >= 0.6 is 0 Å². The van der Waals surface area contributed by atoms with Crippen molar-refractivity contribution in [2.24, 2.45) is 11.7 Å². The first-order valence-corrected chi connectivity index (χ1v) is 6.90. The monoisotopic (exact) mass is 257 g/mol. The summed E-state index contributed by atoms with van der Waals surface area (Å²) in [5, 5.41) is 0. The third kappa shape index (κ3) is 3.04. The van der Waals surface area contributed by atoms with Gasteiger partial charge in [-0.25, -0.2) is 4.98 Å². The van der Waals surface area contributed by atoms with Gasteiger partial charge in [-0.15, -0.1) is 0 Å². The molecule has 0 saturated carbocycles. The van der Waals surface area contributed by atoms with Crippen LogP contribution in [0.3, 0.4) is 0 Å². The molecule has 1 aromatic heterocycles. The Morgan fingerprint density at radius 3 is 2.21 bits per heavy atom. The fraction of sp³-hybridized carbons (Fsp3) is 0.438. The molecule has 0 bridgehead atoms. The molecule has 0 aliphatic heterocycles. The Morgan fingerprint density at radius 2 is 1.68 bits per heavy atom. The van der Waals surface area contributed by atoms with Gasteiger partial charge in [-0.05, 0) is 23.0 Å². The number of nitrogens with two attached hydrogens (primary N) is 1. The highest BCUT2D eigenvalue weighted by Crippen LogP contribution is 2.23. The number of hydrogen-bond acceptors (Lipinski definition) is 2. The van der Waals surface area contributed by atoms with Crippen LogP contribution in [-0.4, -0.2) is 9.97 Å². The molecule has 1 unspecified atom stereocenters. The van der Waals surface area contributed by atoms with Crippen molar-refractivity contribution in [3.05, 3.63) is 41.9 Å². The fourth-order valence-corrected chi connectivity index (χ4v) is 2.02. The third-order valence-electron chi connectivity index (χ3n) is 3.52. The summed E-state index contributed by atoms with van der Waals surface area (Å²) < 4.78 is 0. The maximum absolute atomic E-state index is 6.10. The van der Waals surface area contributed by atoms with E-state index in [2.05, 4.69) is 61.9 Å². The molecule has 0 aliphatic rings. The summed E-state index contributed by atoms with van der Waals surface area (Å²) in [6.45, 7) is 8.60. The molecule has 3 heteroatoms. The lowest BCUT2D eigenvalue weighted by atomic mass is 10.0. The number of aromatic amines is 1. The molecule has 0 aliphatic carbocycles. The molecular weight excluding hydrogens is 234 g/mol. The van der Waals surface area contributed by atoms with E-state index in [1.807, 2.05) is 6.20 Å². The Kier molecular flexibility index (Phi) is 4.05. The number of rotatable bonds is 4. The minimum Gasteiger partial charge on any atom is -0.341 e. The quantitative estimate of drug-likeness (QED) is 0.874. The zero-order valence-corrected chi connectivity index (χ0v) is 12.1. The third-order valence-corrected chi connectivity index (χ3v) is 3.52. The molecule has 3 nitrogen and oxygen atoms in total. The molecular formula is C16H23N3. The Morgan fingerprint density at radius 1 is 1.05 bits per heavy atom. The van der Waals surface area contributed by atoms with Gasteiger partial charge in [-0.3, -0.25) is 0 Å². The van der Waals surface area contributed by atoms with E-state index in [9.17, 15) is 0 Å². The SMILES string of the molecule is CC(C)c1ccc(-c2cnc(C(N)C(C)C)[nH]2)cc1. The number of aromatic nitrogens is 2. The first-order valence-electron chi connectivity index (χ1n) is 6.90. The van der Waals surface area contributed by atoms with E-state index in [1.54, 1.807) is 0 Å². The summed E-state index contributed by atoms with van der Waals surface area (Å²) in [4.78, 5) is 7.71. The molecule has 0 spiro atoms. The van der Waals surface area contributed by atoms with Gasteiger partial charge < -0.3 is 10.7 Å². The molecule has 1 atom stereocenters. The molecule has 0 saturated heterocycles. The summed E-state index contributed by atoms with van der Waals surface area (Å²) >= 11 is 0. The van der Waals surface area contributed by atoms with Crippen LogP contribution in [0.5, 0.6) is 0 Å². The lowest BCUT2D eigenvalue weighted by molar-refractivity contribution is 0.494. The van der Waals surface area contributed by atoms with Crippen molar-refractivity contribution in [2.75, 3.05) is 0 Å². The first kappa shape index (κ1) is 13.8. The Labute approximate surface area is 115 Å². The van der Waals surface area contributed by atoms with Gasteiger partial charge in [0.15, 0.2) is 0 Å². The van der Waals surface area contributed by atoms with Crippen LogP contribution in [0.15, 0.2) is 30.5 Å². The van der Waals surface area contributed by atoms with E-state index in [-0.39, 0.29) is 6.04 Å². The van der Waals surface area contributed by atoms with Crippen LogP contribution in [0.1, 0.15) is 51.0 Å². The van der Waals surface area contributed by atoms with Gasteiger partial charge in [0.1, 0.15) is 5.82 Å².